The van der Waals surface area contributed by atoms with Crippen LogP contribution >= 0.6 is 35.0 Å². The first-order valence-electron chi connectivity index (χ1n) is 7.63. The van der Waals surface area contributed by atoms with Crippen LogP contribution in [-0.4, -0.2) is 23.7 Å². The second-order valence-corrected chi connectivity index (χ2v) is 7.27. The molecule has 0 unspecified atom stereocenters. The maximum Gasteiger partial charge on any atom is 0.290 e. The van der Waals surface area contributed by atoms with Crippen LogP contribution in [0.25, 0.3) is 6.08 Å². The Balaban J connectivity index is 1.70. The zero-order valence-corrected chi connectivity index (χ0v) is 16.0. The predicted octanol–water partition coefficient (Wildman–Crippen LogP) is 4.33. The SMILES string of the molecule is O=C(COc1ccc(Cl)cc1/C=C1\SC(=O)NC1=O)Nc1ccc(Cl)cc1. The summed E-state index contributed by atoms with van der Waals surface area (Å²) in [6, 6.07) is 11.4. The molecule has 0 spiro atoms. The van der Waals surface area contributed by atoms with Gasteiger partial charge in [-0.15, -0.1) is 0 Å². The third-order valence-electron chi connectivity index (χ3n) is 3.39. The van der Waals surface area contributed by atoms with Crippen molar-refractivity contribution in [2.24, 2.45) is 0 Å². The van der Waals surface area contributed by atoms with Crippen LogP contribution in [0.3, 0.4) is 0 Å². The number of carbonyl (C=O) groups is 3. The number of anilines is 1. The number of hydrogen-bond acceptors (Lipinski definition) is 5. The van der Waals surface area contributed by atoms with Gasteiger partial charge in [-0.2, -0.15) is 0 Å². The van der Waals surface area contributed by atoms with E-state index in [1.165, 1.54) is 6.08 Å². The molecule has 3 amide bonds. The molecule has 0 saturated carbocycles. The third kappa shape index (κ3) is 5.26. The molecule has 138 valence electrons. The van der Waals surface area contributed by atoms with Crippen LogP contribution in [0.2, 0.25) is 10.0 Å². The van der Waals surface area contributed by atoms with E-state index < -0.39 is 11.1 Å². The number of imide groups is 1. The lowest BCUT2D eigenvalue weighted by Crippen LogP contribution is -2.20. The number of amides is 3. The fourth-order valence-electron chi connectivity index (χ4n) is 2.20. The summed E-state index contributed by atoms with van der Waals surface area (Å²) >= 11 is 12.6. The molecule has 1 aliphatic heterocycles. The van der Waals surface area contributed by atoms with Crippen molar-refractivity contribution in [2.75, 3.05) is 11.9 Å². The first kappa shape index (κ1) is 19.3. The van der Waals surface area contributed by atoms with Gasteiger partial charge in [0.15, 0.2) is 6.61 Å². The molecule has 1 aliphatic rings. The quantitative estimate of drug-likeness (QED) is 0.700. The lowest BCUT2D eigenvalue weighted by Gasteiger charge is -2.10. The standard InChI is InChI=1S/C18H12Cl2N2O4S/c19-11-1-4-13(5-2-11)21-16(23)9-26-14-6-3-12(20)7-10(14)8-15-17(24)22-18(25)27-15/h1-8H,9H2,(H,21,23)(H,22,24,25)/b15-8-. The molecule has 0 aromatic heterocycles. The molecule has 0 aliphatic carbocycles. The minimum absolute atomic E-state index is 0.220. The first-order chi connectivity index (χ1) is 12.9. The molecule has 0 radical (unpaired) electrons. The van der Waals surface area contributed by atoms with Gasteiger partial charge in [-0.1, -0.05) is 23.2 Å². The first-order valence-corrected chi connectivity index (χ1v) is 9.20. The van der Waals surface area contributed by atoms with Crippen LogP contribution in [0.4, 0.5) is 10.5 Å². The average molecular weight is 423 g/mol. The summed E-state index contributed by atoms with van der Waals surface area (Å²) in [5, 5.41) is 5.40. The van der Waals surface area contributed by atoms with Gasteiger partial charge in [0.1, 0.15) is 5.75 Å². The molecular formula is C18H12Cl2N2O4S. The van der Waals surface area contributed by atoms with E-state index in [1.807, 2.05) is 0 Å². The zero-order chi connectivity index (χ0) is 19.4. The number of carbonyl (C=O) groups excluding carboxylic acids is 3. The van der Waals surface area contributed by atoms with Gasteiger partial charge in [-0.3, -0.25) is 19.7 Å². The highest BCUT2D eigenvalue weighted by Gasteiger charge is 2.25. The minimum Gasteiger partial charge on any atom is -0.483 e. The molecule has 0 atom stereocenters. The van der Waals surface area contributed by atoms with Crippen molar-refractivity contribution < 1.29 is 19.1 Å². The molecule has 9 heteroatoms. The number of nitrogens with one attached hydrogen (secondary N) is 2. The molecular weight excluding hydrogens is 411 g/mol. The molecule has 2 aromatic rings. The lowest BCUT2D eigenvalue weighted by molar-refractivity contribution is -0.118. The number of ether oxygens (including phenoxy) is 1. The fourth-order valence-corrected chi connectivity index (χ4v) is 3.18. The highest BCUT2D eigenvalue weighted by atomic mass is 35.5. The van der Waals surface area contributed by atoms with Gasteiger partial charge in [0.2, 0.25) is 0 Å². The normalized spacial score (nSPS) is 15.0. The highest BCUT2D eigenvalue weighted by molar-refractivity contribution is 8.18. The summed E-state index contributed by atoms with van der Waals surface area (Å²) in [6.45, 7) is -0.251. The monoisotopic (exact) mass is 422 g/mol. The summed E-state index contributed by atoms with van der Waals surface area (Å²) in [4.78, 5) is 35.3. The highest BCUT2D eigenvalue weighted by Crippen LogP contribution is 2.30. The summed E-state index contributed by atoms with van der Waals surface area (Å²) in [6.07, 6.45) is 1.49. The lowest BCUT2D eigenvalue weighted by atomic mass is 10.2. The van der Waals surface area contributed by atoms with Crippen molar-refractivity contribution in [3.8, 4) is 5.75 Å². The zero-order valence-electron chi connectivity index (χ0n) is 13.6. The Morgan fingerprint density at radius 1 is 1.11 bits per heavy atom. The maximum atomic E-state index is 12.1. The molecule has 2 aromatic carbocycles. The van der Waals surface area contributed by atoms with Crippen LogP contribution in [0.15, 0.2) is 47.4 Å². The summed E-state index contributed by atoms with van der Waals surface area (Å²) < 4.78 is 5.56. The smallest absolute Gasteiger partial charge is 0.290 e. The Hall–Kier alpha value is -2.48. The second kappa shape index (κ2) is 8.47. The molecule has 2 N–H and O–H groups in total. The largest absolute Gasteiger partial charge is 0.483 e. The van der Waals surface area contributed by atoms with Gasteiger partial charge in [0.05, 0.1) is 4.91 Å². The van der Waals surface area contributed by atoms with E-state index in [-0.39, 0.29) is 17.4 Å². The van der Waals surface area contributed by atoms with Crippen LogP contribution in [-0.2, 0) is 9.59 Å². The second-order valence-electron chi connectivity index (χ2n) is 5.38. The van der Waals surface area contributed by atoms with E-state index in [0.29, 0.717) is 27.0 Å². The molecule has 6 nitrogen and oxygen atoms in total. The Morgan fingerprint density at radius 2 is 1.81 bits per heavy atom. The van der Waals surface area contributed by atoms with Crippen LogP contribution in [0.5, 0.6) is 5.75 Å². The van der Waals surface area contributed by atoms with Crippen molar-refractivity contribution in [3.63, 3.8) is 0 Å². The van der Waals surface area contributed by atoms with Crippen molar-refractivity contribution in [3.05, 3.63) is 63.0 Å². The minimum atomic E-state index is -0.489. The van der Waals surface area contributed by atoms with Gasteiger partial charge in [-0.05, 0) is 60.3 Å². The third-order valence-corrected chi connectivity index (χ3v) is 4.68. The predicted molar refractivity (Wildman–Crippen MR) is 106 cm³/mol. The maximum absolute atomic E-state index is 12.1. The molecule has 1 saturated heterocycles. The van der Waals surface area contributed by atoms with E-state index in [1.54, 1.807) is 42.5 Å². The number of hydrogen-bond donors (Lipinski definition) is 2. The van der Waals surface area contributed by atoms with Crippen molar-refractivity contribution in [1.29, 1.82) is 0 Å². The molecule has 1 heterocycles. The van der Waals surface area contributed by atoms with Crippen molar-refractivity contribution >= 4 is 63.8 Å². The van der Waals surface area contributed by atoms with Crippen LogP contribution in [0.1, 0.15) is 5.56 Å². The van der Waals surface area contributed by atoms with Crippen LogP contribution in [0, 0.1) is 0 Å². The molecule has 27 heavy (non-hydrogen) atoms. The molecule has 0 bridgehead atoms. The average Bonchev–Trinajstić information content (AvgIpc) is 2.93. The number of halogens is 2. The topological polar surface area (TPSA) is 84.5 Å². The van der Waals surface area contributed by atoms with E-state index in [4.69, 9.17) is 27.9 Å². The number of benzene rings is 2. The number of thioether (sulfide) groups is 1. The summed E-state index contributed by atoms with van der Waals surface area (Å²) in [5.74, 6) is -0.503. The number of rotatable bonds is 5. The van der Waals surface area contributed by atoms with Crippen molar-refractivity contribution in [2.45, 2.75) is 0 Å². The Labute approximate surface area is 168 Å². The summed E-state index contributed by atoms with van der Waals surface area (Å²) in [5.41, 5.74) is 1.07. The molecule has 3 rings (SSSR count). The summed E-state index contributed by atoms with van der Waals surface area (Å²) in [7, 11) is 0. The van der Waals surface area contributed by atoms with Crippen LogP contribution < -0.4 is 15.4 Å². The van der Waals surface area contributed by atoms with Crippen molar-refractivity contribution in [1.82, 2.24) is 5.32 Å². The Kier molecular flexibility index (Phi) is 6.05. The van der Waals surface area contributed by atoms with E-state index >= 15 is 0 Å². The Bertz CT molecular complexity index is 945. The van der Waals surface area contributed by atoms with E-state index in [2.05, 4.69) is 10.6 Å². The van der Waals surface area contributed by atoms with Gasteiger partial charge in [0.25, 0.3) is 17.1 Å². The fraction of sp³-hybridized carbons (Fsp3) is 0.0556. The molecule has 1 fully saturated rings. The van der Waals surface area contributed by atoms with Gasteiger partial charge in [0, 0.05) is 21.3 Å². The van der Waals surface area contributed by atoms with Gasteiger partial charge < -0.3 is 10.1 Å². The van der Waals surface area contributed by atoms with Gasteiger partial charge >= 0.3 is 0 Å². The van der Waals surface area contributed by atoms with E-state index in [0.717, 1.165) is 11.8 Å². The van der Waals surface area contributed by atoms with Gasteiger partial charge in [-0.25, -0.2) is 0 Å². The Morgan fingerprint density at radius 3 is 2.48 bits per heavy atom. The van der Waals surface area contributed by atoms with E-state index in [9.17, 15) is 14.4 Å².